The van der Waals surface area contributed by atoms with E-state index in [1.807, 2.05) is 0 Å². The highest BCUT2D eigenvalue weighted by Crippen LogP contribution is 2.36. The van der Waals surface area contributed by atoms with Crippen molar-refractivity contribution in [3.63, 3.8) is 0 Å². The van der Waals surface area contributed by atoms with E-state index in [0.29, 0.717) is 0 Å². The fraction of sp³-hybridized carbons (Fsp3) is 0.571. The Kier molecular flexibility index (Phi) is 1.91. The number of hydrogen-bond donors (Lipinski definition) is 2. The van der Waals surface area contributed by atoms with Crippen molar-refractivity contribution in [3.05, 3.63) is 12.2 Å². The lowest BCUT2D eigenvalue weighted by Gasteiger charge is -2.34. The number of rotatable bonds is 1. The van der Waals surface area contributed by atoms with Crippen LogP contribution in [0.2, 0.25) is 0 Å². The first-order valence-corrected chi connectivity index (χ1v) is 3.45. The fourth-order valence-corrected chi connectivity index (χ4v) is 1.08. The van der Waals surface area contributed by atoms with Gasteiger partial charge in [0.1, 0.15) is 0 Å². The summed E-state index contributed by atoms with van der Waals surface area (Å²) in [5.41, 5.74) is 2.65. The van der Waals surface area contributed by atoms with Crippen LogP contribution in [0, 0.1) is 0 Å². The van der Waals surface area contributed by atoms with Crippen LogP contribution in [-0.2, 0) is 4.79 Å². The van der Waals surface area contributed by atoms with E-state index in [2.05, 4.69) is 0 Å². The van der Waals surface area contributed by atoms with Gasteiger partial charge in [0.15, 0.2) is 5.54 Å². The molecule has 0 bridgehead atoms. The van der Waals surface area contributed by atoms with Gasteiger partial charge in [0.2, 0.25) is 0 Å². The summed E-state index contributed by atoms with van der Waals surface area (Å²) in [6.45, 7) is 0. The molecule has 0 aromatic carbocycles. The number of halogens is 2. The summed E-state index contributed by atoms with van der Waals surface area (Å²) in [7, 11) is 0. The molecule has 0 radical (unpaired) electrons. The van der Waals surface area contributed by atoms with Crippen LogP contribution in [-0.4, -0.2) is 22.5 Å². The lowest BCUT2D eigenvalue weighted by Crippen LogP contribution is -2.62. The van der Waals surface area contributed by atoms with E-state index < -0.39 is 23.9 Å². The second-order valence-corrected chi connectivity index (χ2v) is 2.86. The number of aliphatic carboxylic acids is 1. The van der Waals surface area contributed by atoms with Gasteiger partial charge in [-0.25, -0.2) is 13.6 Å². The average molecular weight is 177 g/mol. The molecule has 1 aliphatic rings. The van der Waals surface area contributed by atoms with E-state index in [9.17, 15) is 13.6 Å². The van der Waals surface area contributed by atoms with Crippen LogP contribution in [0.25, 0.3) is 0 Å². The van der Waals surface area contributed by atoms with Crippen molar-refractivity contribution in [3.8, 4) is 0 Å². The van der Waals surface area contributed by atoms with E-state index in [1.54, 1.807) is 0 Å². The molecule has 0 heterocycles. The van der Waals surface area contributed by atoms with Crippen molar-refractivity contribution in [2.75, 3.05) is 0 Å². The molecule has 0 spiro atoms. The molecule has 0 aliphatic heterocycles. The van der Waals surface area contributed by atoms with Gasteiger partial charge in [0, 0.05) is 12.8 Å². The van der Waals surface area contributed by atoms with E-state index >= 15 is 0 Å². The number of carbonyl (C=O) groups is 1. The summed E-state index contributed by atoms with van der Waals surface area (Å²) in [4.78, 5) is 10.5. The molecule has 0 saturated carbocycles. The first-order valence-electron chi connectivity index (χ1n) is 3.45. The average Bonchev–Trinajstić information content (AvgIpc) is 1.95. The maximum atomic E-state index is 12.9. The minimum absolute atomic E-state index is 0.324. The number of carboxylic acid groups (broad SMARTS) is 1. The number of nitrogens with two attached hydrogens (primary N) is 1. The third-order valence-corrected chi connectivity index (χ3v) is 2.02. The lowest BCUT2D eigenvalue weighted by molar-refractivity contribution is -0.161. The van der Waals surface area contributed by atoms with Gasteiger partial charge in [0.25, 0.3) is 5.92 Å². The number of alkyl halides is 2. The molecule has 0 amide bonds. The van der Waals surface area contributed by atoms with Crippen LogP contribution in [0.15, 0.2) is 12.2 Å². The van der Waals surface area contributed by atoms with Crippen LogP contribution in [0.3, 0.4) is 0 Å². The molecular weight excluding hydrogens is 168 g/mol. The molecule has 0 aromatic heterocycles. The summed E-state index contributed by atoms with van der Waals surface area (Å²) < 4.78 is 25.9. The van der Waals surface area contributed by atoms with Crippen LogP contribution in [0.1, 0.15) is 12.8 Å². The van der Waals surface area contributed by atoms with E-state index in [-0.39, 0.29) is 6.42 Å². The molecule has 68 valence electrons. The first-order chi connectivity index (χ1) is 5.40. The number of carboxylic acids is 1. The zero-order valence-corrected chi connectivity index (χ0v) is 6.26. The summed E-state index contributed by atoms with van der Waals surface area (Å²) in [5.74, 6) is -5.01. The van der Waals surface area contributed by atoms with Gasteiger partial charge < -0.3 is 10.8 Å². The van der Waals surface area contributed by atoms with Crippen LogP contribution in [0.4, 0.5) is 8.78 Å². The van der Waals surface area contributed by atoms with Crippen molar-refractivity contribution in [1.29, 1.82) is 0 Å². The Hall–Kier alpha value is -0.970. The molecule has 12 heavy (non-hydrogen) atoms. The Morgan fingerprint density at radius 3 is 2.25 bits per heavy atom. The zero-order chi connectivity index (χ0) is 9.41. The predicted octanol–water partition coefficient (Wildman–Crippen LogP) is 0.754. The van der Waals surface area contributed by atoms with Crippen molar-refractivity contribution < 1.29 is 18.7 Å². The highest BCUT2D eigenvalue weighted by molar-refractivity contribution is 5.80. The standard InChI is InChI=1S/C7H9F2NO2/c8-7(9)4-2-1-3-6(7,10)5(11)12/h1-2H,3-4,10H2,(H,11,12)/t6-/m0/s1. The third kappa shape index (κ3) is 1.10. The topological polar surface area (TPSA) is 63.3 Å². The molecule has 0 saturated heterocycles. The van der Waals surface area contributed by atoms with Gasteiger partial charge in [-0.05, 0) is 0 Å². The molecule has 1 rings (SSSR count). The van der Waals surface area contributed by atoms with Crippen LogP contribution >= 0.6 is 0 Å². The molecule has 1 atom stereocenters. The molecule has 1 aliphatic carbocycles. The monoisotopic (exact) mass is 177 g/mol. The second kappa shape index (κ2) is 2.52. The SMILES string of the molecule is N[C@]1(C(=O)O)CC=CCC1(F)F. The second-order valence-electron chi connectivity index (χ2n) is 2.86. The summed E-state index contributed by atoms with van der Waals surface area (Å²) in [6, 6.07) is 0. The van der Waals surface area contributed by atoms with E-state index in [1.165, 1.54) is 12.2 Å². The minimum atomic E-state index is -3.35. The Morgan fingerprint density at radius 2 is 1.92 bits per heavy atom. The Bertz CT molecular complexity index is 240. The summed E-state index contributed by atoms with van der Waals surface area (Å²) >= 11 is 0. The summed E-state index contributed by atoms with van der Waals surface area (Å²) in [5, 5.41) is 8.49. The lowest BCUT2D eigenvalue weighted by atomic mass is 9.83. The maximum Gasteiger partial charge on any atom is 0.330 e. The third-order valence-electron chi connectivity index (χ3n) is 2.02. The highest BCUT2D eigenvalue weighted by atomic mass is 19.3. The molecule has 3 N–H and O–H groups in total. The Balaban J connectivity index is 3.02. The largest absolute Gasteiger partial charge is 0.480 e. The maximum absolute atomic E-state index is 12.9. The Morgan fingerprint density at radius 1 is 1.42 bits per heavy atom. The minimum Gasteiger partial charge on any atom is -0.480 e. The van der Waals surface area contributed by atoms with Gasteiger partial charge in [-0.15, -0.1) is 0 Å². The van der Waals surface area contributed by atoms with E-state index in [4.69, 9.17) is 10.8 Å². The van der Waals surface area contributed by atoms with Crippen molar-refractivity contribution in [2.24, 2.45) is 5.73 Å². The van der Waals surface area contributed by atoms with Crippen LogP contribution in [0.5, 0.6) is 0 Å². The quantitative estimate of drug-likeness (QED) is 0.581. The zero-order valence-electron chi connectivity index (χ0n) is 6.26. The van der Waals surface area contributed by atoms with Crippen molar-refractivity contribution in [2.45, 2.75) is 24.3 Å². The molecule has 0 fully saturated rings. The van der Waals surface area contributed by atoms with Crippen molar-refractivity contribution in [1.82, 2.24) is 0 Å². The number of allylic oxidation sites excluding steroid dienone is 1. The molecule has 0 aromatic rings. The predicted molar refractivity (Wildman–Crippen MR) is 37.9 cm³/mol. The van der Waals surface area contributed by atoms with Crippen LogP contribution < -0.4 is 5.73 Å². The fourth-order valence-electron chi connectivity index (χ4n) is 1.08. The van der Waals surface area contributed by atoms with Gasteiger partial charge in [-0.1, -0.05) is 12.2 Å². The highest BCUT2D eigenvalue weighted by Gasteiger charge is 2.56. The molecule has 0 unspecified atom stereocenters. The normalized spacial score (nSPS) is 33.2. The van der Waals surface area contributed by atoms with Gasteiger partial charge in [-0.3, -0.25) is 0 Å². The smallest absolute Gasteiger partial charge is 0.330 e. The van der Waals surface area contributed by atoms with Gasteiger partial charge >= 0.3 is 5.97 Å². The summed E-state index contributed by atoms with van der Waals surface area (Å²) in [6.07, 6.45) is 1.69. The molecular formula is C7H9F2NO2. The number of hydrogen-bond acceptors (Lipinski definition) is 2. The molecule has 5 heteroatoms. The van der Waals surface area contributed by atoms with E-state index in [0.717, 1.165) is 0 Å². The van der Waals surface area contributed by atoms with Gasteiger partial charge in [-0.2, -0.15) is 0 Å². The van der Waals surface area contributed by atoms with Gasteiger partial charge in [0.05, 0.1) is 0 Å². The van der Waals surface area contributed by atoms with Crippen molar-refractivity contribution >= 4 is 5.97 Å². The first kappa shape index (κ1) is 9.12. The Labute approximate surface area is 67.9 Å². The molecule has 3 nitrogen and oxygen atoms in total.